The molecule has 2 fully saturated rings. The molecule has 2 heterocycles. The van der Waals surface area contributed by atoms with Crippen molar-refractivity contribution in [3.05, 3.63) is 68.4 Å². The Hall–Kier alpha value is -3.37. The van der Waals surface area contributed by atoms with Gasteiger partial charge in [0.25, 0.3) is 11.8 Å². The number of pyridine rings is 1. The average Bonchev–Trinajstić information content (AvgIpc) is 2.93. The monoisotopic (exact) mass is 581 g/mol. The van der Waals surface area contributed by atoms with Crippen molar-refractivity contribution in [1.82, 2.24) is 15.2 Å². The summed E-state index contributed by atoms with van der Waals surface area (Å²) in [5.41, 5.74) is 8.77. The van der Waals surface area contributed by atoms with Gasteiger partial charge in [0, 0.05) is 47.1 Å². The van der Waals surface area contributed by atoms with E-state index in [2.05, 4.69) is 31.5 Å². The van der Waals surface area contributed by atoms with Crippen LogP contribution < -0.4 is 21.9 Å². The normalized spacial score (nSPS) is 19.8. The number of carbonyl (C=O) groups is 2. The maximum atomic E-state index is 13.4. The van der Waals surface area contributed by atoms with Gasteiger partial charge in [0.2, 0.25) is 5.56 Å². The molecule has 2 aromatic carbocycles. The van der Waals surface area contributed by atoms with Crippen molar-refractivity contribution in [3.8, 4) is 0 Å². The Morgan fingerprint density at radius 3 is 2.66 bits per heavy atom. The minimum atomic E-state index is -0.311. The number of ether oxygens (including phenoxy) is 1. The number of aromatic nitrogens is 1. The van der Waals surface area contributed by atoms with Gasteiger partial charge in [-0.2, -0.15) is 0 Å². The molecule has 0 spiro atoms. The van der Waals surface area contributed by atoms with Gasteiger partial charge in [0.15, 0.2) is 0 Å². The van der Waals surface area contributed by atoms with E-state index in [1.807, 2.05) is 24.3 Å². The lowest BCUT2D eigenvalue weighted by Gasteiger charge is -2.34. The number of para-hydroxylation sites is 1. The summed E-state index contributed by atoms with van der Waals surface area (Å²) in [5, 5.41) is 7.35. The fraction of sp³-hybridized carbons (Fsp3) is 0.393. The molecule has 5 N–H and O–H groups in total. The number of hydrogen-bond acceptors (Lipinski definition) is 6. The van der Waals surface area contributed by atoms with Crippen LogP contribution in [0.15, 0.2) is 51.7 Å². The fourth-order valence-corrected chi connectivity index (χ4v) is 5.91. The molecule has 10 heteroatoms. The third-order valence-corrected chi connectivity index (χ3v) is 7.88. The predicted octanol–water partition coefficient (Wildman–Crippen LogP) is 3.75. The lowest BCUT2D eigenvalue weighted by atomic mass is 9.84. The first kappa shape index (κ1) is 26.2. The first-order valence-electron chi connectivity index (χ1n) is 13.0. The second kappa shape index (κ2) is 11.6. The van der Waals surface area contributed by atoms with Gasteiger partial charge >= 0.3 is 0 Å². The standard InChI is InChI=1S/C28H32BrN5O4/c29-18-13-21(28(37)34-9-11-38-12-10-34)26(22(30)14-18)33-23-7-3-1-5-17(23)16-31-27(36)20-15-25(35)32-24-8-4-2-6-19(20)24/h2,4,6,8,13-15,17,23,33H,1,3,5,7,9-12,16,30H2,(H,31,36)(H,32,35)/t17?,23-/m1/s1. The van der Waals surface area contributed by atoms with Crippen LogP contribution in [0.5, 0.6) is 0 Å². The number of carbonyl (C=O) groups excluding carboxylic acids is 2. The van der Waals surface area contributed by atoms with Crippen LogP contribution >= 0.6 is 15.9 Å². The Balaban J connectivity index is 1.34. The van der Waals surface area contributed by atoms with Crippen LogP contribution in [-0.2, 0) is 4.74 Å². The van der Waals surface area contributed by atoms with Crippen LogP contribution in [-0.4, -0.2) is 60.6 Å². The summed E-state index contributed by atoms with van der Waals surface area (Å²) >= 11 is 3.49. The molecule has 200 valence electrons. The molecule has 1 aliphatic carbocycles. The third-order valence-electron chi connectivity index (χ3n) is 7.42. The van der Waals surface area contributed by atoms with Crippen LogP contribution in [0.2, 0.25) is 0 Å². The number of anilines is 2. The predicted molar refractivity (Wildman–Crippen MR) is 152 cm³/mol. The zero-order valence-electron chi connectivity index (χ0n) is 21.1. The highest BCUT2D eigenvalue weighted by Gasteiger charge is 2.29. The summed E-state index contributed by atoms with van der Waals surface area (Å²) < 4.78 is 6.16. The highest BCUT2D eigenvalue weighted by molar-refractivity contribution is 9.10. The fourth-order valence-electron chi connectivity index (χ4n) is 5.43. The Morgan fingerprint density at radius 2 is 1.84 bits per heavy atom. The summed E-state index contributed by atoms with van der Waals surface area (Å²) in [6, 6.07) is 12.3. The Bertz CT molecular complexity index is 1400. The molecule has 38 heavy (non-hydrogen) atoms. The minimum absolute atomic E-state index is 0.0275. The lowest BCUT2D eigenvalue weighted by Crippen LogP contribution is -2.42. The molecule has 1 saturated carbocycles. The van der Waals surface area contributed by atoms with Gasteiger partial charge in [-0.15, -0.1) is 0 Å². The molecule has 0 radical (unpaired) electrons. The number of hydrogen-bond donors (Lipinski definition) is 4. The molecule has 2 amide bonds. The topological polar surface area (TPSA) is 130 Å². The van der Waals surface area contributed by atoms with Crippen molar-refractivity contribution in [3.63, 3.8) is 0 Å². The quantitative estimate of drug-likeness (QED) is 0.328. The number of halogens is 1. The third kappa shape index (κ3) is 5.71. The van der Waals surface area contributed by atoms with Crippen molar-refractivity contribution in [2.75, 3.05) is 43.9 Å². The molecule has 1 aromatic heterocycles. The number of aromatic amines is 1. The van der Waals surface area contributed by atoms with Gasteiger partial charge in [0.1, 0.15) is 0 Å². The summed E-state index contributed by atoms with van der Waals surface area (Å²) in [6.45, 7) is 2.57. The van der Waals surface area contributed by atoms with Gasteiger partial charge in [-0.25, -0.2) is 0 Å². The van der Waals surface area contributed by atoms with Crippen LogP contribution in [0.25, 0.3) is 10.9 Å². The first-order valence-corrected chi connectivity index (χ1v) is 13.8. The summed E-state index contributed by atoms with van der Waals surface area (Å²) in [7, 11) is 0. The maximum Gasteiger partial charge on any atom is 0.256 e. The van der Waals surface area contributed by atoms with Gasteiger partial charge < -0.3 is 31.0 Å². The average molecular weight is 582 g/mol. The number of H-pyrrole nitrogens is 1. The number of nitrogens with zero attached hydrogens (tertiary/aromatic N) is 1. The summed E-state index contributed by atoms with van der Waals surface area (Å²) in [5.74, 6) is -0.219. The van der Waals surface area contributed by atoms with E-state index in [0.717, 1.165) is 30.2 Å². The zero-order valence-corrected chi connectivity index (χ0v) is 22.7. The number of nitrogens with two attached hydrogens (primary N) is 1. The van der Waals surface area contributed by atoms with Gasteiger partial charge in [0.05, 0.1) is 35.7 Å². The second-order valence-electron chi connectivity index (χ2n) is 9.92. The van der Waals surface area contributed by atoms with E-state index in [-0.39, 0.29) is 29.3 Å². The summed E-state index contributed by atoms with van der Waals surface area (Å²) in [6.07, 6.45) is 3.93. The van der Waals surface area contributed by atoms with Crippen LogP contribution in [0.3, 0.4) is 0 Å². The van der Waals surface area contributed by atoms with E-state index in [1.165, 1.54) is 6.07 Å². The number of amides is 2. The smallest absolute Gasteiger partial charge is 0.256 e. The molecule has 2 aliphatic rings. The summed E-state index contributed by atoms with van der Waals surface area (Å²) in [4.78, 5) is 43.3. The van der Waals surface area contributed by atoms with E-state index >= 15 is 0 Å². The lowest BCUT2D eigenvalue weighted by molar-refractivity contribution is 0.0303. The number of fused-ring (bicyclic) bond motifs is 1. The van der Waals surface area contributed by atoms with Gasteiger partial charge in [-0.05, 0) is 37.0 Å². The van der Waals surface area contributed by atoms with Crippen molar-refractivity contribution in [2.24, 2.45) is 5.92 Å². The largest absolute Gasteiger partial charge is 0.397 e. The molecule has 3 aromatic rings. The number of benzene rings is 2. The molecular formula is C28H32BrN5O4. The maximum absolute atomic E-state index is 13.4. The molecule has 1 saturated heterocycles. The van der Waals surface area contributed by atoms with Gasteiger partial charge in [-0.1, -0.05) is 47.0 Å². The number of nitrogen functional groups attached to an aromatic ring is 1. The molecule has 2 atom stereocenters. The number of nitrogens with one attached hydrogen (secondary N) is 3. The van der Waals surface area contributed by atoms with E-state index in [9.17, 15) is 14.4 Å². The van der Waals surface area contributed by atoms with Crippen molar-refractivity contribution >= 4 is 50.0 Å². The van der Waals surface area contributed by atoms with Gasteiger partial charge in [-0.3, -0.25) is 14.4 Å². The van der Waals surface area contributed by atoms with Crippen LogP contribution in [0.1, 0.15) is 46.4 Å². The number of rotatable bonds is 6. The first-order chi connectivity index (χ1) is 18.4. The van der Waals surface area contributed by atoms with Crippen LogP contribution in [0.4, 0.5) is 11.4 Å². The Kier molecular flexibility index (Phi) is 7.99. The highest BCUT2D eigenvalue weighted by atomic mass is 79.9. The SMILES string of the molecule is Nc1cc(Br)cc(C(=O)N2CCOCC2)c1N[C@@H]1CCCCC1CNC(=O)c1cc(=O)[nH]c2ccccc12. The highest BCUT2D eigenvalue weighted by Crippen LogP contribution is 2.34. The zero-order chi connectivity index (χ0) is 26.6. The molecule has 5 rings (SSSR count). The molecular weight excluding hydrogens is 550 g/mol. The number of morpholine rings is 1. The van der Waals surface area contributed by atoms with Crippen molar-refractivity contribution in [1.29, 1.82) is 0 Å². The van der Waals surface area contributed by atoms with E-state index < -0.39 is 0 Å². The van der Waals surface area contributed by atoms with Crippen molar-refractivity contribution < 1.29 is 14.3 Å². The Labute approximate surface area is 229 Å². The van der Waals surface area contributed by atoms with Crippen molar-refractivity contribution in [2.45, 2.75) is 31.7 Å². The van der Waals surface area contributed by atoms with E-state index in [1.54, 1.807) is 17.0 Å². The molecule has 9 nitrogen and oxygen atoms in total. The van der Waals surface area contributed by atoms with E-state index in [0.29, 0.717) is 66.3 Å². The molecule has 0 bridgehead atoms. The van der Waals surface area contributed by atoms with Crippen LogP contribution in [0, 0.1) is 5.92 Å². The second-order valence-corrected chi connectivity index (χ2v) is 10.8. The minimum Gasteiger partial charge on any atom is -0.397 e. The molecule has 1 aliphatic heterocycles. The Morgan fingerprint density at radius 1 is 1.08 bits per heavy atom. The molecule has 1 unspecified atom stereocenters. The van der Waals surface area contributed by atoms with E-state index in [4.69, 9.17) is 10.5 Å².